The van der Waals surface area contributed by atoms with Gasteiger partial charge in [-0.3, -0.25) is 14.9 Å². The molecule has 0 spiro atoms. The van der Waals surface area contributed by atoms with Gasteiger partial charge >= 0.3 is 0 Å². The number of amides is 1. The van der Waals surface area contributed by atoms with E-state index in [1.807, 2.05) is 6.92 Å². The minimum atomic E-state index is -0.472. The lowest BCUT2D eigenvalue weighted by Crippen LogP contribution is -2.29. The molecule has 1 aromatic carbocycles. The Morgan fingerprint density at radius 1 is 1.33 bits per heavy atom. The number of non-ortho nitro benzene ring substituents is 1. The summed E-state index contributed by atoms with van der Waals surface area (Å²) in [6.07, 6.45) is 1.82. The smallest absolute Gasteiger partial charge is 0.271 e. The molecule has 0 bridgehead atoms. The molecular weight excluding hydrogens is 312 g/mol. The van der Waals surface area contributed by atoms with Gasteiger partial charge in [-0.25, -0.2) is 4.68 Å². The van der Waals surface area contributed by atoms with Crippen molar-refractivity contribution in [3.05, 3.63) is 52.3 Å². The van der Waals surface area contributed by atoms with Gasteiger partial charge in [-0.05, 0) is 37.5 Å². The van der Waals surface area contributed by atoms with Crippen LogP contribution in [0.4, 0.5) is 5.69 Å². The molecule has 0 aliphatic carbocycles. The van der Waals surface area contributed by atoms with E-state index in [1.54, 1.807) is 31.3 Å². The second-order valence-electron chi connectivity index (χ2n) is 5.82. The van der Waals surface area contributed by atoms with Crippen LogP contribution in [0.1, 0.15) is 30.8 Å². The van der Waals surface area contributed by atoms with Crippen molar-refractivity contribution in [1.29, 1.82) is 0 Å². The Balaban J connectivity index is 1.99. The largest absolute Gasteiger partial charge is 0.393 e. The zero-order valence-corrected chi connectivity index (χ0v) is 13.5. The lowest BCUT2D eigenvalue weighted by atomic mass is 10.0. The van der Waals surface area contributed by atoms with E-state index in [-0.39, 0.29) is 23.2 Å². The van der Waals surface area contributed by atoms with Crippen molar-refractivity contribution in [2.75, 3.05) is 6.54 Å². The highest BCUT2D eigenvalue weighted by Crippen LogP contribution is 2.15. The van der Waals surface area contributed by atoms with Crippen LogP contribution < -0.4 is 5.32 Å². The molecule has 0 aliphatic heterocycles. The van der Waals surface area contributed by atoms with Crippen LogP contribution in [0, 0.1) is 16.0 Å². The molecule has 2 rings (SSSR count). The zero-order valence-electron chi connectivity index (χ0n) is 13.5. The molecule has 24 heavy (non-hydrogen) atoms. The number of hydrogen-bond donors (Lipinski definition) is 2. The zero-order chi connectivity index (χ0) is 17.7. The van der Waals surface area contributed by atoms with Gasteiger partial charge in [0.2, 0.25) is 0 Å². The number of aliphatic hydroxyl groups is 1. The molecule has 1 heterocycles. The monoisotopic (exact) mass is 332 g/mol. The minimum absolute atomic E-state index is 0.00373. The number of nitrogens with one attached hydrogen (secondary N) is 1. The SMILES string of the molecule is CC(O)CC(C)CNC(=O)c1ccn(-c2ccc([N+](=O)[O-])cc2)n1. The molecule has 2 aromatic rings. The molecule has 8 heteroatoms. The normalized spacial score (nSPS) is 13.3. The van der Waals surface area contributed by atoms with Crippen LogP contribution in [0.25, 0.3) is 5.69 Å². The number of rotatable bonds is 7. The van der Waals surface area contributed by atoms with Gasteiger partial charge in [0.05, 0.1) is 16.7 Å². The average Bonchev–Trinajstić information content (AvgIpc) is 3.02. The third-order valence-corrected chi connectivity index (χ3v) is 3.50. The first kappa shape index (κ1) is 17.6. The minimum Gasteiger partial charge on any atom is -0.393 e. The summed E-state index contributed by atoms with van der Waals surface area (Å²) in [6, 6.07) is 7.48. The Morgan fingerprint density at radius 2 is 2.00 bits per heavy atom. The number of carbonyl (C=O) groups excluding carboxylic acids is 1. The van der Waals surface area contributed by atoms with Gasteiger partial charge < -0.3 is 10.4 Å². The van der Waals surface area contributed by atoms with Crippen molar-refractivity contribution in [2.45, 2.75) is 26.4 Å². The van der Waals surface area contributed by atoms with Crippen LogP contribution in [-0.2, 0) is 0 Å². The van der Waals surface area contributed by atoms with E-state index >= 15 is 0 Å². The Morgan fingerprint density at radius 3 is 2.58 bits per heavy atom. The van der Waals surface area contributed by atoms with E-state index in [0.717, 1.165) is 0 Å². The Bertz CT molecular complexity index is 709. The van der Waals surface area contributed by atoms with E-state index in [4.69, 9.17) is 0 Å². The van der Waals surface area contributed by atoms with E-state index in [2.05, 4.69) is 10.4 Å². The molecule has 1 aromatic heterocycles. The van der Waals surface area contributed by atoms with Crippen LogP contribution in [0.2, 0.25) is 0 Å². The molecule has 0 saturated heterocycles. The molecular formula is C16H20N4O4. The lowest BCUT2D eigenvalue weighted by Gasteiger charge is -2.13. The van der Waals surface area contributed by atoms with Crippen LogP contribution in [0.5, 0.6) is 0 Å². The molecule has 0 saturated carbocycles. The molecule has 2 atom stereocenters. The first-order valence-corrected chi connectivity index (χ1v) is 7.63. The van der Waals surface area contributed by atoms with Gasteiger partial charge in [0.25, 0.3) is 11.6 Å². The van der Waals surface area contributed by atoms with E-state index in [0.29, 0.717) is 18.7 Å². The quantitative estimate of drug-likeness (QED) is 0.594. The fraction of sp³-hybridized carbons (Fsp3) is 0.375. The highest BCUT2D eigenvalue weighted by Gasteiger charge is 2.13. The van der Waals surface area contributed by atoms with Crippen LogP contribution in [0.15, 0.2) is 36.5 Å². The summed E-state index contributed by atoms with van der Waals surface area (Å²) in [6.45, 7) is 4.11. The number of nitro benzene ring substituents is 1. The topological polar surface area (TPSA) is 110 Å². The Labute approximate surface area is 139 Å². The lowest BCUT2D eigenvalue weighted by molar-refractivity contribution is -0.384. The number of hydrogen-bond acceptors (Lipinski definition) is 5. The molecule has 0 fully saturated rings. The standard InChI is InChI=1S/C16H20N4O4/c1-11(9-12(2)21)10-17-16(22)15-7-8-19(18-15)13-3-5-14(6-4-13)20(23)24/h3-8,11-12,21H,9-10H2,1-2H3,(H,17,22). The average molecular weight is 332 g/mol. The third kappa shape index (κ3) is 4.63. The Kier molecular flexibility index (Phi) is 5.64. The predicted octanol–water partition coefficient (Wildman–Crippen LogP) is 1.92. The van der Waals surface area contributed by atoms with Crippen molar-refractivity contribution in [3.8, 4) is 5.69 Å². The van der Waals surface area contributed by atoms with Gasteiger partial charge in [0.15, 0.2) is 5.69 Å². The predicted molar refractivity (Wildman–Crippen MR) is 88.0 cm³/mol. The molecule has 128 valence electrons. The van der Waals surface area contributed by atoms with Crippen LogP contribution in [-0.4, -0.2) is 38.4 Å². The summed E-state index contributed by atoms with van der Waals surface area (Å²) in [5.41, 5.74) is 0.885. The van der Waals surface area contributed by atoms with Gasteiger partial charge in [0, 0.05) is 24.9 Å². The molecule has 1 amide bonds. The van der Waals surface area contributed by atoms with Crippen LogP contribution in [0.3, 0.4) is 0 Å². The molecule has 2 N–H and O–H groups in total. The second-order valence-corrected chi connectivity index (χ2v) is 5.82. The van der Waals surface area contributed by atoms with Crippen molar-refractivity contribution < 1.29 is 14.8 Å². The maximum Gasteiger partial charge on any atom is 0.271 e. The molecule has 8 nitrogen and oxygen atoms in total. The molecule has 2 unspecified atom stereocenters. The molecule has 0 radical (unpaired) electrons. The number of carbonyl (C=O) groups is 1. The summed E-state index contributed by atoms with van der Waals surface area (Å²) in [5.74, 6) is -0.140. The van der Waals surface area contributed by atoms with Gasteiger partial charge in [-0.15, -0.1) is 0 Å². The van der Waals surface area contributed by atoms with Crippen molar-refractivity contribution in [2.24, 2.45) is 5.92 Å². The van der Waals surface area contributed by atoms with Gasteiger partial charge in [0.1, 0.15) is 0 Å². The number of nitrogens with zero attached hydrogens (tertiary/aromatic N) is 3. The van der Waals surface area contributed by atoms with Crippen molar-refractivity contribution >= 4 is 11.6 Å². The van der Waals surface area contributed by atoms with Gasteiger partial charge in [-0.1, -0.05) is 6.92 Å². The number of aliphatic hydroxyl groups excluding tert-OH is 1. The van der Waals surface area contributed by atoms with Crippen molar-refractivity contribution in [1.82, 2.24) is 15.1 Å². The van der Waals surface area contributed by atoms with E-state index in [9.17, 15) is 20.0 Å². The number of nitro groups is 1. The summed E-state index contributed by atoms with van der Waals surface area (Å²) in [5, 5.41) is 26.9. The van der Waals surface area contributed by atoms with Crippen molar-refractivity contribution in [3.63, 3.8) is 0 Å². The maximum absolute atomic E-state index is 12.1. The number of benzene rings is 1. The third-order valence-electron chi connectivity index (χ3n) is 3.50. The first-order valence-electron chi connectivity index (χ1n) is 7.63. The highest BCUT2D eigenvalue weighted by molar-refractivity contribution is 5.92. The second kappa shape index (κ2) is 7.69. The summed E-state index contributed by atoms with van der Waals surface area (Å²) < 4.78 is 1.48. The van der Waals surface area contributed by atoms with E-state index < -0.39 is 11.0 Å². The number of aromatic nitrogens is 2. The van der Waals surface area contributed by atoms with Crippen LogP contribution >= 0.6 is 0 Å². The van der Waals surface area contributed by atoms with Gasteiger partial charge in [-0.2, -0.15) is 5.10 Å². The Hall–Kier alpha value is -2.74. The summed E-state index contributed by atoms with van der Waals surface area (Å²) >= 11 is 0. The molecule has 0 aliphatic rings. The highest BCUT2D eigenvalue weighted by atomic mass is 16.6. The fourth-order valence-electron chi connectivity index (χ4n) is 2.34. The fourth-order valence-corrected chi connectivity index (χ4v) is 2.34. The van der Waals surface area contributed by atoms with E-state index in [1.165, 1.54) is 16.8 Å². The summed E-state index contributed by atoms with van der Waals surface area (Å²) in [7, 11) is 0. The maximum atomic E-state index is 12.1. The first-order chi connectivity index (χ1) is 11.4. The summed E-state index contributed by atoms with van der Waals surface area (Å²) in [4.78, 5) is 22.3.